The molecule has 1 aliphatic rings. The summed E-state index contributed by atoms with van der Waals surface area (Å²) in [6.07, 6.45) is 4.50. The first kappa shape index (κ1) is 21.8. The molecule has 0 aliphatic heterocycles. The summed E-state index contributed by atoms with van der Waals surface area (Å²) in [5.41, 5.74) is -1.73. The van der Waals surface area contributed by atoms with Crippen molar-refractivity contribution in [3.05, 3.63) is 58.1 Å². The van der Waals surface area contributed by atoms with Crippen LogP contribution in [-0.2, 0) is 4.74 Å². The molecule has 0 spiro atoms. The summed E-state index contributed by atoms with van der Waals surface area (Å²) in [5.74, 6) is 0. The van der Waals surface area contributed by atoms with Crippen molar-refractivity contribution in [2.45, 2.75) is 58.3 Å². The van der Waals surface area contributed by atoms with E-state index in [-0.39, 0.29) is 0 Å². The number of aliphatic hydroxyl groups excluding tert-OH is 1. The number of allylic oxidation sites excluding steroid dienone is 3. The second-order valence-corrected chi connectivity index (χ2v) is 9.20. The van der Waals surface area contributed by atoms with Crippen molar-refractivity contribution in [2.24, 2.45) is 5.41 Å². The lowest BCUT2D eigenvalue weighted by Gasteiger charge is -2.48. The number of halogens is 2. The molecule has 0 saturated carbocycles. The molecule has 0 aromatic heterocycles. The van der Waals surface area contributed by atoms with E-state index in [0.717, 1.165) is 0 Å². The molecule has 1 aromatic rings. The zero-order valence-electron chi connectivity index (χ0n) is 16.3. The fourth-order valence-corrected chi connectivity index (χ4v) is 3.48. The van der Waals surface area contributed by atoms with Gasteiger partial charge in [0.1, 0.15) is 11.7 Å². The van der Waals surface area contributed by atoms with Crippen molar-refractivity contribution >= 4 is 29.3 Å². The van der Waals surface area contributed by atoms with Crippen LogP contribution in [0.5, 0.6) is 0 Å². The fraction of sp³-hybridized carbons (Fsp3) is 0.476. The molecule has 3 atom stereocenters. The Kier molecular flexibility index (Phi) is 6.35. The van der Waals surface area contributed by atoms with Crippen molar-refractivity contribution in [1.29, 1.82) is 0 Å². The Bertz CT molecular complexity index is 769. The van der Waals surface area contributed by atoms with Crippen LogP contribution in [-0.4, -0.2) is 22.3 Å². The van der Waals surface area contributed by atoms with Gasteiger partial charge in [-0.05, 0) is 57.9 Å². The third-order valence-electron chi connectivity index (χ3n) is 4.99. The fourth-order valence-electron chi connectivity index (χ4n) is 3.14. The number of carbonyl (C=O) groups is 1. The molecule has 6 heteroatoms. The quantitative estimate of drug-likeness (QED) is 0.663. The van der Waals surface area contributed by atoms with E-state index < -0.39 is 28.8 Å². The molecule has 2 N–H and O–H groups in total. The summed E-state index contributed by atoms with van der Waals surface area (Å²) in [4.78, 5) is 12.6. The lowest BCUT2D eigenvalue weighted by molar-refractivity contribution is -0.0115. The van der Waals surface area contributed by atoms with Crippen molar-refractivity contribution in [3.8, 4) is 0 Å². The van der Waals surface area contributed by atoms with Gasteiger partial charge in [-0.15, -0.1) is 0 Å². The van der Waals surface area contributed by atoms with Crippen LogP contribution in [0, 0.1) is 5.41 Å². The van der Waals surface area contributed by atoms with Crippen LogP contribution in [0.15, 0.2) is 47.5 Å². The molecule has 0 heterocycles. The van der Waals surface area contributed by atoms with E-state index in [0.29, 0.717) is 22.0 Å². The first-order valence-electron chi connectivity index (χ1n) is 8.86. The van der Waals surface area contributed by atoms with Crippen LogP contribution in [0.4, 0.5) is 4.79 Å². The topological polar surface area (TPSA) is 58.6 Å². The summed E-state index contributed by atoms with van der Waals surface area (Å²) in [7, 11) is 0. The van der Waals surface area contributed by atoms with Crippen LogP contribution in [0.3, 0.4) is 0 Å². The van der Waals surface area contributed by atoms with Gasteiger partial charge in [-0.25, -0.2) is 4.79 Å². The van der Waals surface area contributed by atoms with Gasteiger partial charge < -0.3 is 15.2 Å². The highest BCUT2D eigenvalue weighted by Crippen LogP contribution is 2.47. The highest BCUT2D eigenvalue weighted by atomic mass is 35.5. The minimum atomic E-state index is -1.08. The Balaban J connectivity index is 2.45. The highest BCUT2D eigenvalue weighted by molar-refractivity contribution is 6.31. The summed E-state index contributed by atoms with van der Waals surface area (Å²) in [6.45, 7) is 9.15. The largest absolute Gasteiger partial charge is 0.444 e. The third kappa shape index (κ3) is 5.07. The molecule has 2 rings (SSSR count). The van der Waals surface area contributed by atoms with Crippen molar-refractivity contribution < 1.29 is 14.6 Å². The lowest BCUT2D eigenvalue weighted by Crippen LogP contribution is -2.60. The number of benzene rings is 1. The van der Waals surface area contributed by atoms with Crippen molar-refractivity contribution in [3.63, 3.8) is 0 Å². The van der Waals surface area contributed by atoms with E-state index in [1.807, 2.05) is 19.1 Å². The smallest absolute Gasteiger partial charge is 0.408 e. The number of hydrogen-bond donors (Lipinski definition) is 2. The minimum absolute atomic E-state index is 0.512. The number of rotatable bonds is 4. The molecular formula is C21H27Cl2NO3. The second-order valence-electron chi connectivity index (χ2n) is 8.33. The van der Waals surface area contributed by atoms with E-state index in [1.165, 1.54) is 0 Å². The van der Waals surface area contributed by atoms with Crippen LogP contribution in [0.2, 0.25) is 5.02 Å². The Morgan fingerprint density at radius 3 is 2.48 bits per heavy atom. The SMILES string of the molecule is CC(C)(C)OC(=O)NC(C)([C@@H](O)c1cccc(Cl)c1)C1(C)C=CC(Cl)=CC1. The van der Waals surface area contributed by atoms with E-state index >= 15 is 0 Å². The molecule has 0 saturated heterocycles. The number of carbonyl (C=O) groups excluding carboxylic acids is 1. The maximum Gasteiger partial charge on any atom is 0.408 e. The highest BCUT2D eigenvalue weighted by Gasteiger charge is 2.50. The summed E-state index contributed by atoms with van der Waals surface area (Å²) in [5, 5.41) is 15.3. The van der Waals surface area contributed by atoms with E-state index in [1.54, 1.807) is 58.0 Å². The minimum Gasteiger partial charge on any atom is -0.444 e. The molecule has 1 aromatic carbocycles. The van der Waals surface area contributed by atoms with Crippen LogP contribution < -0.4 is 5.32 Å². The van der Waals surface area contributed by atoms with Gasteiger partial charge in [-0.1, -0.05) is 54.4 Å². The van der Waals surface area contributed by atoms with Gasteiger partial charge in [0.15, 0.2) is 0 Å². The third-order valence-corrected chi connectivity index (χ3v) is 5.51. The molecule has 2 unspecified atom stereocenters. The molecule has 1 amide bonds. The Labute approximate surface area is 171 Å². The molecule has 0 bridgehead atoms. The number of amides is 1. The van der Waals surface area contributed by atoms with Crippen LogP contribution in [0.25, 0.3) is 0 Å². The number of hydrogen-bond acceptors (Lipinski definition) is 3. The van der Waals surface area contributed by atoms with E-state index in [9.17, 15) is 9.90 Å². The average molecular weight is 412 g/mol. The molecule has 0 fully saturated rings. The zero-order valence-corrected chi connectivity index (χ0v) is 17.9. The molecule has 1 aliphatic carbocycles. The zero-order chi connectivity index (χ0) is 20.5. The van der Waals surface area contributed by atoms with Gasteiger partial charge in [0.25, 0.3) is 0 Å². The van der Waals surface area contributed by atoms with Gasteiger partial charge in [0, 0.05) is 15.5 Å². The predicted molar refractivity (Wildman–Crippen MR) is 110 cm³/mol. The molecule has 27 heavy (non-hydrogen) atoms. The average Bonchev–Trinajstić information content (AvgIpc) is 2.55. The molecule has 0 radical (unpaired) electrons. The number of ether oxygens (including phenoxy) is 1. The van der Waals surface area contributed by atoms with Crippen molar-refractivity contribution in [2.75, 3.05) is 0 Å². The first-order valence-corrected chi connectivity index (χ1v) is 9.61. The van der Waals surface area contributed by atoms with Crippen LogP contribution in [0.1, 0.15) is 52.7 Å². The predicted octanol–water partition coefficient (Wildman–Crippen LogP) is 5.75. The van der Waals surface area contributed by atoms with Gasteiger partial charge in [-0.3, -0.25) is 0 Å². The van der Waals surface area contributed by atoms with Gasteiger partial charge in [0.05, 0.1) is 5.54 Å². The second kappa shape index (κ2) is 7.86. The maximum absolute atomic E-state index is 12.6. The van der Waals surface area contributed by atoms with Crippen molar-refractivity contribution in [1.82, 2.24) is 5.32 Å². The number of aliphatic hydroxyl groups is 1. The normalized spacial score (nSPS) is 23.2. The monoisotopic (exact) mass is 411 g/mol. The van der Waals surface area contributed by atoms with Gasteiger partial charge in [-0.2, -0.15) is 0 Å². The Morgan fingerprint density at radius 1 is 1.30 bits per heavy atom. The molecule has 4 nitrogen and oxygen atoms in total. The Morgan fingerprint density at radius 2 is 1.96 bits per heavy atom. The van der Waals surface area contributed by atoms with Gasteiger partial charge in [0.2, 0.25) is 0 Å². The maximum atomic E-state index is 12.6. The molecular weight excluding hydrogens is 385 g/mol. The molecule has 148 valence electrons. The summed E-state index contributed by atoms with van der Waals surface area (Å²) < 4.78 is 5.45. The lowest BCUT2D eigenvalue weighted by atomic mass is 9.64. The summed E-state index contributed by atoms with van der Waals surface area (Å²) >= 11 is 12.2. The van der Waals surface area contributed by atoms with E-state index in [2.05, 4.69) is 5.32 Å². The first-order chi connectivity index (χ1) is 12.4. The Hall–Kier alpha value is -1.49. The summed E-state index contributed by atoms with van der Waals surface area (Å²) in [6, 6.07) is 6.98. The number of nitrogens with one attached hydrogen (secondary N) is 1. The number of alkyl carbamates (subject to hydrolysis) is 1. The van der Waals surface area contributed by atoms with Gasteiger partial charge >= 0.3 is 6.09 Å². The van der Waals surface area contributed by atoms with E-state index in [4.69, 9.17) is 27.9 Å². The standard InChI is InChI=1S/C21H27Cl2NO3/c1-19(2,3)27-18(26)24-21(5,20(4)11-9-15(22)10-12-20)17(25)14-7-6-8-16(23)13-14/h6-11,13,17,25H,12H2,1-5H3,(H,24,26)/t17-,20?,21?/m0/s1. The van der Waals surface area contributed by atoms with Crippen LogP contribution >= 0.6 is 23.2 Å².